The first-order valence-electron chi connectivity index (χ1n) is 10.4. The molecule has 1 aliphatic rings. The van der Waals surface area contributed by atoms with E-state index >= 15 is 0 Å². The number of aryl methyl sites for hydroxylation is 3. The van der Waals surface area contributed by atoms with Crippen LogP contribution in [0.3, 0.4) is 0 Å². The standard InChI is InChI=1S/C23H26ClN5O2S/c1-16-4-8-20(9-5-16)26-23-25-18(3)14-22(27-23)28-10-12-29(13-11-28)32(30,31)21-15-19(24)7-6-17(21)2/h4-9,14-15H,10-13H2,1-3H3,(H,25,26,27). The van der Waals surface area contributed by atoms with E-state index in [1.165, 1.54) is 15.9 Å². The van der Waals surface area contributed by atoms with E-state index in [2.05, 4.69) is 20.2 Å². The predicted molar refractivity (Wildman–Crippen MR) is 128 cm³/mol. The molecule has 0 atom stereocenters. The Bertz CT molecular complexity index is 1220. The Morgan fingerprint density at radius 3 is 2.28 bits per heavy atom. The van der Waals surface area contributed by atoms with Gasteiger partial charge in [0.1, 0.15) is 5.82 Å². The second-order valence-electron chi connectivity index (χ2n) is 7.98. The summed E-state index contributed by atoms with van der Waals surface area (Å²) in [7, 11) is -3.60. The first kappa shape index (κ1) is 22.5. The highest BCUT2D eigenvalue weighted by Crippen LogP contribution is 2.26. The lowest BCUT2D eigenvalue weighted by molar-refractivity contribution is 0.383. The average Bonchev–Trinajstić information content (AvgIpc) is 2.76. The fraction of sp³-hybridized carbons (Fsp3) is 0.304. The minimum absolute atomic E-state index is 0.265. The summed E-state index contributed by atoms with van der Waals surface area (Å²) in [6.07, 6.45) is 0. The fourth-order valence-electron chi connectivity index (χ4n) is 3.68. The van der Waals surface area contributed by atoms with E-state index in [9.17, 15) is 8.42 Å². The van der Waals surface area contributed by atoms with Crippen molar-refractivity contribution in [3.05, 3.63) is 70.4 Å². The van der Waals surface area contributed by atoms with Crippen molar-refractivity contribution < 1.29 is 8.42 Å². The van der Waals surface area contributed by atoms with Crippen LogP contribution in [0.15, 0.2) is 53.4 Å². The van der Waals surface area contributed by atoms with Gasteiger partial charge in [-0.15, -0.1) is 0 Å². The molecule has 0 saturated carbocycles. The molecule has 2 heterocycles. The third-order valence-corrected chi connectivity index (χ3v) is 7.75. The third kappa shape index (κ3) is 4.87. The van der Waals surface area contributed by atoms with Crippen molar-refractivity contribution in [1.29, 1.82) is 0 Å². The maximum Gasteiger partial charge on any atom is 0.243 e. The molecule has 7 nitrogen and oxygen atoms in total. The lowest BCUT2D eigenvalue weighted by atomic mass is 10.2. The minimum atomic E-state index is -3.60. The molecular formula is C23H26ClN5O2S. The smallest absolute Gasteiger partial charge is 0.243 e. The molecule has 1 aliphatic heterocycles. The summed E-state index contributed by atoms with van der Waals surface area (Å²) in [5.41, 5.74) is 3.63. The number of aromatic nitrogens is 2. The number of anilines is 3. The topological polar surface area (TPSA) is 78.4 Å². The molecule has 4 rings (SSSR count). The van der Waals surface area contributed by atoms with Crippen molar-refractivity contribution in [3.8, 4) is 0 Å². The monoisotopic (exact) mass is 471 g/mol. The highest BCUT2D eigenvalue weighted by Gasteiger charge is 2.30. The lowest BCUT2D eigenvalue weighted by Crippen LogP contribution is -2.49. The van der Waals surface area contributed by atoms with Crippen molar-refractivity contribution in [3.63, 3.8) is 0 Å². The van der Waals surface area contributed by atoms with Crippen molar-refractivity contribution in [2.24, 2.45) is 0 Å². The Balaban J connectivity index is 1.49. The van der Waals surface area contributed by atoms with E-state index in [-0.39, 0.29) is 4.90 Å². The van der Waals surface area contributed by atoms with Gasteiger partial charge >= 0.3 is 0 Å². The number of hydrogen-bond acceptors (Lipinski definition) is 6. The first-order valence-corrected chi connectivity index (χ1v) is 12.2. The Labute approximate surface area is 194 Å². The van der Waals surface area contributed by atoms with Crippen LogP contribution in [0.25, 0.3) is 0 Å². The second kappa shape index (κ2) is 9.05. The molecule has 0 bridgehead atoms. The van der Waals surface area contributed by atoms with Crippen LogP contribution in [0, 0.1) is 20.8 Å². The summed E-state index contributed by atoms with van der Waals surface area (Å²) in [5, 5.41) is 3.66. The second-order valence-corrected chi connectivity index (χ2v) is 10.3. The van der Waals surface area contributed by atoms with Crippen LogP contribution in [0.1, 0.15) is 16.8 Å². The zero-order chi connectivity index (χ0) is 22.9. The molecule has 0 spiro atoms. The maximum absolute atomic E-state index is 13.2. The molecule has 1 N–H and O–H groups in total. The van der Waals surface area contributed by atoms with Crippen molar-refractivity contribution >= 4 is 39.1 Å². The minimum Gasteiger partial charge on any atom is -0.354 e. The molecule has 32 heavy (non-hydrogen) atoms. The van der Waals surface area contributed by atoms with Crippen LogP contribution >= 0.6 is 11.6 Å². The highest BCUT2D eigenvalue weighted by molar-refractivity contribution is 7.89. The van der Waals surface area contributed by atoms with Gasteiger partial charge < -0.3 is 10.2 Å². The number of rotatable bonds is 5. The summed E-state index contributed by atoms with van der Waals surface area (Å²) in [4.78, 5) is 11.5. The van der Waals surface area contributed by atoms with Gasteiger partial charge in [-0.2, -0.15) is 9.29 Å². The van der Waals surface area contributed by atoms with Crippen LogP contribution in [0.4, 0.5) is 17.5 Å². The Morgan fingerprint density at radius 2 is 1.59 bits per heavy atom. The first-order chi connectivity index (χ1) is 15.2. The van der Waals surface area contributed by atoms with Gasteiger partial charge in [0, 0.05) is 48.6 Å². The van der Waals surface area contributed by atoms with Gasteiger partial charge in [0.05, 0.1) is 4.90 Å². The normalized spacial score (nSPS) is 15.1. The van der Waals surface area contributed by atoms with Crippen molar-refractivity contribution in [1.82, 2.24) is 14.3 Å². The van der Waals surface area contributed by atoms with E-state index in [1.54, 1.807) is 19.1 Å². The van der Waals surface area contributed by atoms with E-state index in [0.29, 0.717) is 42.7 Å². The van der Waals surface area contributed by atoms with Gasteiger partial charge in [-0.3, -0.25) is 0 Å². The molecule has 168 valence electrons. The number of hydrogen-bond donors (Lipinski definition) is 1. The van der Waals surface area contributed by atoms with Crippen LogP contribution in [0.2, 0.25) is 5.02 Å². The summed E-state index contributed by atoms with van der Waals surface area (Å²) in [5.74, 6) is 1.30. The molecule has 3 aromatic rings. The van der Waals surface area contributed by atoms with Crippen LogP contribution in [-0.4, -0.2) is 48.9 Å². The molecule has 2 aromatic carbocycles. The molecule has 0 radical (unpaired) electrons. The van der Waals surface area contributed by atoms with E-state index in [0.717, 1.165) is 17.2 Å². The molecule has 1 fully saturated rings. The fourth-order valence-corrected chi connectivity index (χ4v) is 5.59. The van der Waals surface area contributed by atoms with Gasteiger partial charge in [0.25, 0.3) is 0 Å². The number of piperazine rings is 1. The quantitative estimate of drug-likeness (QED) is 0.597. The largest absolute Gasteiger partial charge is 0.354 e. The van der Waals surface area contributed by atoms with E-state index in [1.807, 2.05) is 44.2 Å². The molecular weight excluding hydrogens is 446 g/mol. The van der Waals surface area contributed by atoms with Crippen LogP contribution in [0.5, 0.6) is 0 Å². The third-order valence-electron chi connectivity index (χ3n) is 5.48. The molecule has 0 amide bonds. The molecule has 0 aliphatic carbocycles. The van der Waals surface area contributed by atoms with E-state index in [4.69, 9.17) is 11.6 Å². The van der Waals surface area contributed by atoms with Gasteiger partial charge in [-0.25, -0.2) is 13.4 Å². The summed E-state index contributed by atoms with van der Waals surface area (Å²) in [6, 6.07) is 14.9. The summed E-state index contributed by atoms with van der Waals surface area (Å²) in [6.45, 7) is 7.58. The highest BCUT2D eigenvalue weighted by atomic mass is 35.5. The molecule has 0 unspecified atom stereocenters. The van der Waals surface area contributed by atoms with Gasteiger partial charge in [0.15, 0.2) is 0 Å². The Hall–Kier alpha value is -2.68. The average molecular weight is 472 g/mol. The van der Waals surface area contributed by atoms with Gasteiger partial charge in [-0.05, 0) is 50.6 Å². The number of nitrogens with one attached hydrogen (secondary N) is 1. The van der Waals surface area contributed by atoms with Crippen LogP contribution < -0.4 is 10.2 Å². The number of sulfonamides is 1. The van der Waals surface area contributed by atoms with E-state index < -0.39 is 10.0 Å². The summed E-state index contributed by atoms with van der Waals surface area (Å²) >= 11 is 6.05. The number of benzene rings is 2. The van der Waals surface area contributed by atoms with Crippen molar-refractivity contribution in [2.45, 2.75) is 25.7 Å². The number of halogens is 1. The van der Waals surface area contributed by atoms with Crippen LogP contribution in [-0.2, 0) is 10.0 Å². The van der Waals surface area contributed by atoms with Crippen molar-refractivity contribution in [2.75, 3.05) is 36.4 Å². The lowest BCUT2D eigenvalue weighted by Gasteiger charge is -2.35. The SMILES string of the molecule is Cc1ccc(Nc2nc(C)cc(N3CCN(S(=O)(=O)c4cc(Cl)ccc4C)CC3)n2)cc1. The van der Waals surface area contributed by atoms with Gasteiger partial charge in [0.2, 0.25) is 16.0 Å². The Morgan fingerprint density at radius 1 is 0.906 bits per heavy atom. The molecule has 1 saturated heterocycles. The molecule has 9 heteroatoms. The maximum atomic E-state index is 13.2. The molecule has 1 aromatic heterocycles. The summed E-state index contributed by atoms with van der Waals surface area (Å²) < 4.78 is 27.8. The zero-order valence-electron chi connectivity index (χ0n) is 18.3. The number of nitrogens with zero attached hydrogens (tertiary/aromatic N) is 4. The zero-order valence-corrected chi connectivity index (χ0v) is 19.9. The Kier molecular flexibility index (Phi) is 6.37. The predicted octanol–water partition coefficient (Wildman–Crippen LogP) is 4.31. The van der Waals surface area contributed by atoms with Gasteiger partial charge in [-0.1, -0.05) is 35.4 Å².